The lowest BCUT2D eigenvalue weighted by atomic mass is 10.1. The summed E-state index contributed by atoms with van der Waals surface area (Å²) >= 11 is 0. The Morgan fingerprint density at radius 1 is 1.38 bits per heavy atom. The smallest absolute Gasteiger partial charge is 0.337 e. The number of nitrogens with two attached hydrogens (primary N) is 1. The number of carbonyl (C=O) groups excluding carboxylic acids is 3. The molecule has 1 heterocycles. The van der Waals surface area contributed by atoms with Gasteiger partial charge in [0.15, 0.2) is 0 Å². The highest BCUT2D eigenvalue weighted by molar-refractivity contribution is 6.09. The number of hydrogen-bond acceptors (Lipinski definition) is 7. The van der Waals surface area contributed by atoms with Crippen LogP contribution in [0.2, 0.25) is 0 Å². The Morgan fingerprint density at radius 3 is 2.62 bits per heavy atom. The van der Waals surface area contributed by atoms with E-state index >= 15 is 0 Å². The number of primary amides is 1. The first kappa shape index (κ1) is 19.3. The number of methoxy groups -OCH3 is 1. The molecule has 26 heavy (non-hydrogen) atoms. The van der Waals surface area contributed by atoms with Crippen molar-refractivity contribution in [2.75, 3.05) is 51.1 Å². The van der Waals surface area contributed by atoms with Gasteiger partial charge in [-0.3, -0.25) is 9.59 Å². The van der Waals surface area contributed by atoms with E-state index in [-0.39, 0.29) is 36.5 Å². The number of benzene rings is 1. The van der Waals surface area contributed by atoms with E-state index in [1.807, 2.05) is 0 Å². The molecule has 1 aliphatic heterocycles. The number of rotatable bonds is 7. The van der Waals surface area contributed by atoms with Crippen LogP contribution in [0.15, 0.2) is 29.5 Å². The van der Waals surface area contributed by atoms with Gasteiger partial charge in [-0.1, -0.05) is 0 Å². The first-order valence-corrected chi connectivity index (χ1v) is 7.90. The molecule has 0 bridgehead atoms. The fourth-order valence-corrected chi connectivity index (χ4v) is 2.69. The highest BCUT2D eigenvalue weighted by Gasteiger charge is 2.34. The van der Waals surface area contributed by atoms with Crippen molar-refractivity contribution >= 4 is 29.2 Å². The summed E-state index contributed by atoms with van der Waals surface area (Å²) in [7, 11) is 4.78. The summed E-state index contributed by atoms with van der Waals surface area (Å²) in [4.78, 5) is 39.3. The van der Waals surface area contributed by atoms with Crippen molar-refractivity contribution in [3.05, 3.63) is 35.0 Å². The Bertz CT molecular complexity index is 772. The lowest BCUT2D eigenvalue weighted by Gasteiger charge is -2.18. The van der Waals surface area contributed by atoms with Crippen LogP contribution in [0.1, 0.15) is 10.4 Å². The first-order chi connectivity index (χ1) is 12.3. The number of esters is 1. The van der Waals surface area contributed by atoms with Crippen LogP contribution in [-0.4, -0.2) is 68.7 Å². The van der Waals surface area contributed by atoms with Crippen LogP contribution in [0, 0.1) is 0 Å². The number of hydrogen-bond donors (Lipinski definition) is 3. The normalized spacial score (nSPS) is 13.8. The molecule has 9 nitrogen and oxygen atoms in total. The maximum absolute atomic E-state index is 12.5. The third kappa shape index (κ3) is 3.77. The first-order valence-electron chi connectivity index (χ1n) is 7.90. The van der Waals surface area contributed by atoms with Crippen molar-refractivity contribution in [2.24, 2.45) is 5.73 Å². The van der Waals surface area contributed by atoms with Gasteiger partial charge in [0.1, 0.15) is 5.70 Å². The Morgan fingerprint density at radius 2 is 2.08 bits per heavy atom. The molecule has 1 aromatic carbocycles. The summed E-state index contributed by atoms with van der Waals surface area (Å²) in [6, 6.07) is 4.87. The van der Waals surface area contributed by atoms with Crippen molar-refractivity contribution in [2.45, 2.75) is 0 Å². The van der Waals surface area contributed by atoms with E-state index in [0.29, 0.717) is 11.4 Å². The number of β-amino-alcohol motifs (C(OH)–C–C–N with tert-alkyl or cyclic N) is 1. The number of nitrogens with one attached hydrogen (secondary N) is 1. The summed E-state index contributed by atoms with van der Waals surface area (Å²) in [6.07, 6.45) is 0. The summed E-state index contributed by atoms with van der Waals surface area (Å²) in [5.41, 5.74) is 6.98. The van der Waals surface area contributed by atoms with Gasteiger partial charge in [-0.15, -0.1) is 0 Å². The highest BCUT2D eigenvalue weighted by atomic mass is 16.5. The van der Waals surface area contributed by atoms with E-state index in [4.69, 9.17) is 15.6 Å². The van der Waals surface area contributed by atoms with Crippen molar-refractivity contribution in [3.63, 3.8) is 0 Å². The molecule has 4 N–H and O–H groups in total. The number of amides is 2. The van der Waals surface area contributed by atoms with Gasteiger partial charge in [0.05, 0.1) is 31.4 Å². The maximum Gasteiger partial charge on any atom is 0.337 e. The monoisotopic (exact) mass is 362 g/mol. The van der Waals surface area contributed by atoms with E-state index in [1.54, 1.807) is 31.1 Å². The van der Waals surface area contributed by atoms with E-state index in [9.17, 15) is 14.4 Å². The standard InChI is InChI=1S/C17H22N4O5/c1-20(2)13-5-4-10(8-11(13)15(18)23)19-14-12(17(25)26-3)9-21(6-7-22)16(14)24/h4-5,8,19,22H,6-7,9H2,1-3H3,(H2,18,23). The van der Waals surface area contributed by atoms with Gasteiger partial charge in [0, 0.05) is 32.0 Å². The van der Waals surface area contributed by atoms with Gasteiger partial charge in [0.25, 0.3) is 11.8 Å². The lowest BCUT2D eigenvalue weighted by molar-refractivity contribution is -0.136. The molecule has 0 saturated carbocycles. The van der Waals surface area contributed by atoms with Gasteiger partial charge in [0.2, 0.25) is 0 Å². The topological polar surface area (TPSA) is 125 Å². The van der Waals surface area contributed by atoms with Crippen molar-refractivity contribution < 1.29 is 24.2 Å². The minimum atomic E-state index is -0.638. The van der Waals surface area contributed by atoms with E-state index < -0.39 is 17.8 Å². The number of nitrogens with zero attached hydrogens (tertiary/aromatic N) is 2. The van der Waals surface area contributed by atoms with E-state index in [2.05, 4.69) is 5.32 Å². The molecule has 0 radical (unpaired) electrons. The highest BCUT2D eigenvalue weighted by Crippen LogP contribution is 2.26. The number of carbonyl (C=O) groups is 3. The Kier molecular flexibility index (Phi) is 5.83. The van der Waals surface area contributed by atoms with Crippen LogP contribution >= 0.6 is 0 Å². The minimum Gasteiger partial charge on any atom is -0.466 e. The van der Waals surface area contributed by atoms with Gasteiger partial charge < -0.3 is 30.7 Å². The zero-order valence-corrected chi connectivity index (χ0v) is 14.9. The molecule has 0 unspecified atom stereocenters. The molecule has 0 aliphatic carbocycles. The van der Waals surface area contributed by atoms with Crippen LogP contribution in [0.4, 0.5) is 11.4 Å². The zero-order chi connectivity index (χ0) is 19.4. The largest absolute Gasteiger partial charge is 0.466 e. The van der Waals surface area contributed by atoms with Crippen LogP contribution in [0.3, 0.4) is 0 Å². The van der Waals surface area contributed by atoms with E-state index in [1.165, 1.54) is 18.1 Å². The summed E-state index contributed by atoms with van der Waals surface area (Å²) in [6.45, 7) is -0.0969. The van der Waals surface area contributed by atoms with Gasteiger partial charge in [-0.05, 0) is 18.2 Å². The Hall–Kier alpha value is -3.07. The lowest BCUT2D eigenvalue weighted by Crippen LogP contribution is -2.31. The molecule has 0 atom stereocenters. The third-order valence-corrected chi connectivity index (χ3v) is 3.97. The Balaban J connectivity index is 2.40. The molecule has 0 saturated heterocycles. The van der Waals surface area contributed by atoms with Crippen LogP contribution in [0.5, 0.6) is 0 Å². The van der Waals surface area contributed by atoms with Crippen LogP contribution in [-0.2, 0) is 14.3 Å². The number of anilines is 2. The summed E-state index contributed by atoms with van der Waals surface area (Å²) in [5, 5.41) is 12.0. The summed E-state index contributed by atoms with van der Waals surface area (Å²) < 4.78 is 4.73. The molecule has 2 amide bonds. The zero-order valence-electron chi connectivity index (χ0n) is 14.9. The second-order valence-electron chi connectivity index (χ2n) is 5.91. The van der Waals surface area contributed by atoms with Crippen LogP contribution < -0.4 is 16.0 Å². The molecule has 1 aliphatic rings. The average molecular weight is 362 g/mol. The quantitative estimate of drug-likeness (QED) is 0.560. The second kappa shape index (κ2) is 7.87. The van der Waals surface area contributed by atoms with Gasteiger partial charge in [-0.2, -0.15) is 0 Å². The Labute approximate surface area is 151 Å². The molecule has 140 valence electrons. The maximum atomic E-state index is 12.5. The predicted molar refractivity (Wildman–Crippen MR) is 95.6 cm³/mol. The molecule has 9 heteroatoms. The van der Waals surface area contributed by atoms with Gasteiger partial charge >= 0.3 is 5.97 Å². The predicted octanol–water partition coefficient (Wildman–Crippen LogP) is -0.475. The van der Waals surface area contributed by atoms with Gasteiger partial charge in [-0.25, -0.2) is 4.79 Å². The van der Waals surface area contributed by atoms with Crippen molar-refractivity contribution in [1.29, 1.82) is 0 Å². The van der Waals surface area contributed by atoms with E-state index in [0.717, 1.165) is 0 Å². The molecule has 0 spiro atoms. The molecular formula is C17H22N4O5. The minimum absolute atomic E-state index is 0.0346. The van der Waals surface area contributed by atoms with Crippen molar-refractivity contribution in [1.82, 2.24) is 4.90 Å². The molecule has 2 rings (SSSR count). The average Bonchev–Trinajstić information content (AvgIpc) is 2.90. The van der Waals surface area contributed by atoms with Crippen molar-refractivity contribution in [3.8, 4) is 0 Å². The fourth-order valence-electron chi connectivity index (χ4n) is 2.69. The number of aliphatic hydroxyl groups is 1. The fraction of sp³-hybridized carbons (Fsp3) is 0.353. The third-order valence-electron chi connectivity index (χ3n) is 3.97. The number of aliphatic hydroxyl groups excluding tert-OH is 1. The molecular weight excluding hydrogens is 340 g/mol. The molecule has 1 aromatic rings. The second-order valence-corrected chi connectivity index (χ2v) is 5.91. The molecule has 0 aromatic heterocycles. The molecule has 0 fully saturated rings. The number of ether oxygens (including phenoxy) is 1. The van der Waals surface area contributed by atoms with Crippen LogP contribution in [0.25, 0.3) is 0 Å². The SMILES string of the molecule is COC(=O)C1=C(Nc2ccc(N(C)C)c(C(N)=O)c2)C(=O)N(CCO)C1. The summed E-state index contributed by atoms with van der Waals surface area (Å²) in [5.74, 6) is -1.68.